The monoisotopic (exact) mass is 259 g/mol. The summed E-state index contributed by atoms with van der Waals surface area (Å²) in [7, 11) is 0. The van der Waals surface area contributed by atoms with Gasteiger partial charge in [-0.25, -0.2) is 4.98 Å². The van der Waals surface area contributed by atoms with Crippen LogP contribution in [0.3, 0.4) is 0 Å². The van der Waals surface area contributed by atoms with E-state index in [4.69, 9.17) is 10.5 Å². The van der Waals surface area contributed by atoms with Gasteiger partial charge in [0.1, 0.15) is 0 Å². The molecular weight excluding hydrogens is 246 g/mol. The zero-order chi connectivity index (χ0) is 13.7. The van der Waals surface area contributed by atoms with Crippen LogP contribution in [0.5, 0.6) is 5.75 Å². The highest BCUT2D eigenvalue weighted by atomic mass is 16.6. The van der Waals surface area contributed by atoms with Crippen LogP contribution < -0.4 is 10.5 Å². The third kappa shape index (κ3) is 3.19. The summed E-state index contributed by atoms with van der Waals surface area (Å²) in [6.45, 7) is 0.342. The molecule has 0 aliphatic carbocycles. The second-order valence-electron chi connectivity index (χ2n) is 3.88. The molecule has 0 bridgehead atoms. The number of anilines is 1. The van der Waals surface area contributed by atoms with Gasteiger partial charge in [-0.2, -0.15) is 0 Å². The fraction of sp³-hybridized carbons (Fsp3) is 0.154. The topological polar surface area (TPSA) is 91.3 Å². The number of benzene rings is 1. The number of hydrogen-bond donors (Lipinski definition) is 1. The fourth-order valence-electron chi connectivity index (χ4n) is 1.68. The molecular formula is C13H13N3O3. The molecule has 0 unspecified atom stereocenters. The number of nitrogens with zero attached hydrogens (tertiary/aromatic N) is 2. The molecule has 1 aromatic carbocycles. The first kappa shape index (κ1) is 12.8. The number of nitrogen functional groups attached to an aromatic ring is 1. The van der Waals surface area contributed by atoms with Crippen molar-refractivity contribution < 1.29 is 9.66 Å². The Kier molecular flexibility index (Phi) is 3.92. The Labute approximate surface area is 110 Å². The molecule has 19 heavy (non-hydrogen) atoms. The summed E-state index contributed by atoms with van der Waals surface area (Å²) in [4.78, 5) is 14.0. The molecule has 0 saturated heterocycles. The van der Waals surface area contributed by atoms with E-state index < -0.39 is 4.92 Å². The lowest BCUT2D eigenvalue weighted by atomic mass is 10.2. The van der Waals surface area contributed by atoms with E-state index in [9.17, 15) is 10.1 Å². The Morgan fingerprint density at radius 2 is 2.00 bits per heavy atom. The van der Waals surface area contributed by atoms with Crippen molar-refractivity contribution in [3.05, 3.63) is 58.3 Å². The van der Waals surface area contributed by atoms with Gasteiger partial charge in [-0.3, -0.25) is 10.1 Å². The van der Waals surface area contributed by atoms with E-state index in [-0.39, 0.29) is 17.3 Å². The maximum absolute atomic E-state index is 10.9. The van der Waals surface area contributed by atoms with Crippen LogP contribution in [0.15, 0.2) is 42.6 Å². The Bertz CT molecular complexity index is 573. The highest BCUT2D eigenvalue weighted by Crippen LogP contribution is 2.30. The molecule has 2 aromatic rings. The van der Waals surface area contributed by atoms with E-state index in [0.29, 0.717) is 13.0 Å². The van der Waals surface area contributed by atoms with Crippen molar-refractivity contribution in [3.63, 3.8) is 0 Å². The molecule has 6 nitrogen and oxygen atoms in total. The summed E-state index contributed by atoms with van der Waals surface area (Å²) in [6, 6.07) is 11.2. The summed E-state index contributed by atoms with van der Waals surface area (Å²) in [5.74, 6) is 0.00985. The standard InChI is InChI=1S/C13H13N3O3/c14-13-12(16(17)18)11(6-8-15-13)19-9-7-10-4-2-1-3-5-10/h1-6,8H,7,9H2,(H2,14,15). The van der Waals surface area contributed by atoms with Crippen LogP contribution in [0.25, 0.3) is 0 Å². The van der Waals surface area contributed by atoms with Crippen LogP contribution >= 0.6 is 0 Å². The van der Waals surface area contributed by atoms with Gasteiger partial charge in [-0.05, 0) is 5.56 Å². The summed E-state index contributed by atoms with van der Waals surface area (Å²) in [5.41, 5.74) is 6.29. The fourth-order valence-corrected chi connectivity index (χ4v) is 1.68. The van der Waals surface area contributed by atoms with Crippen LogP contribution in [0, 0.1) is 10.1 Å². The SMILES string of the molecule is Nc1nccc(OCCc2ccccc2)c1[N+](=O)[O-]. The lowest BCUT2D eigenvalue weighted by Crippen LogP contribution is -2.06. The summed E-state index contributed by atoms with van der Waals surface area (Å²) >= 11 is 0. The average molecular weight is 259 g/mol. The molecule has 0 atom stereocenters. The molecule has 98 valence electrons. The summed E-state index contributed by atoms with van der Waals surface area (Å²) in [6.07, 6.45) is 2.06. The minimum atomic E-state index is -0.583. The van der Waals surface area contributed by atoms with Gasteiger partial charge >= 0.3 is 5.69 Å². The molecule has 0 radical (unpaired) electrons. The van der Waals surface area contributed by atoms with Crippen molar-refractivity contribution in [2.24, 2.45) is 0 Å². The van der Waals surface area contributed by atoms with Crippen molar-refractivity contribution in [1.29, 1.82) is 0 Å². The van der Waals surface area contributed by atoms with Crippen molar-refractivity contribution in [3.8, 4) is 5.75 Å². The van der Waals surface area contributed by atoms with E-state index in [1.165, 1.54) is 12.3 Å². The molecule has 0 amide bonds. The minimum absolute atomic E-state index is 0.137. The van der Waals surface area contributed by atoms with Crippen LogP contribution in [0.1, 0.15) is 5.56 Å². The molecule has 2 rings (SSSR count). The number of hydrogen-bond acceptors (Lipinski definition) is 5. The minimum Gasteiger partial charge on any atom is -0.486 e. The molecule has 0 fully saturated rings. The van der Waals surface area contributed by atoms with Crippen LogP contribution in [0.2, 0.25) is 0 Å². The van der Waals surface area contributed by atoms with E-state index in [1.807, 2.05) is 30.3 Å². The van der Waals surface area contributed by atoms with Gasteiger partial charge < -0.3 is 10.5 Å². The Morgan fingerprint density at radius 3 is 2.68 bits per heavy atom. The van der Waals surface area contributed by atoms with Gasteiger partial charge in [0.25, 0.3) is 0 Å². The van der Waals surface area contributed by atoms with Crippen molar-refractivity contribution in [2.75, 3.05) is 12.3 Å². The van der Waals surface area contributed by atoms with Gasteiger partial charge in [0.2, 0.25) is 11.6 Å². The molecule has 0 spiro atoms. The van der Waals surface area contributed by atoms with E-state index in [1.54, 1.807) is 0 Å². The van der Waals surface area contributed by atoms with Crippen molar-refractivity contribution >= 4 is 11.5 Å². The maximum atomic E-state index is 10.9. The van der Waals surface area contributed by atoms with Crippen molar-refractivity contribution in [1.82, 2.24) is 4.98 Å². The normalized spacial score (nSPS) is 10.1. The zero-order valence-electron chi connectivity index (χ0n) is 10.2. The third-order valence-corrected chi connectivity index (χ3v) is 2.59. The van der Waals surface area contributed by atoms with Crippen LogP contribution in [-0.4, -0.2) is 16.5 Å². The average Bonchev–Trinajstić information content (AvgIpc) is 2.39. The van der Waals surface area contributed by atoms with E-state index in [0.717, 1.165) is 5.56 Å². The van der Waals surface area contributed by atoms with Crippen molar-refractivity contribution in [2.45, 2.75) is 6.42 Å². The van der Waals surface area contributed by atoms with Gasteiger partial charge in [0.15, 0.2) is 0 Å². The zero-order valence-corrected chi connectivity index (χ0v) is 10.2. The first-order chi connectivity index (χ1) is 9.18. The van der Waals surface area contributed by atoms with Gasteiger partial charge in [-0.1, -0.05) is 30.3 Å². The summed E-state index contributed by atoms with van der Waals surface area (Å²) < 4.78 is 5.42. The largest absolute Gasteiger partial charge is 0.486 e. The van der Waals surface area contributed by atoms with Gasteiger partial charge in [0, 0.05) is 18.7 Å². The lowest BCUT2D eigenvalue weighted by Gasteiger charge is -2.07. The number of rotatable bonds is 5. The highest BCUT2D eigenvalue weighted by Gasteiger charge is 2.20. The molecule has 1 aromatic heterocycles. The molecule has 2 N–H and O–H groups in total. The van der Waals surface area contributed by atoms with Gasteiger partial charge in [0.05, 0.1) is 11.5 Å². The second-order valence-corrected chi connectivity index (χ2v) is 3.88. The number of nitrogens with two attached hydrogens (primary N) is 1. The van der Waals surface area contributed by atoms with E-state index in [2.05, 4.69) is 4.98 Å². The predicted octanol–water partition coefficient (Wildman–Crippen LogP) is 2.19. The maximum Gasteiger partial charge on any atom is 0.352 e. The second kappa shape index (κ2) is 5.81. The number of nitro groups is 1. The Balaban J connectivity index is 2.04. The summed E-state index contributed by atoms with van der Waals surface area (Å²) in [5, 5.41) is 10.9. The first-order valence-electron chi connectivity index (χ1n) is 5.74. The molecule has 6 heteroatoms. The first-order valence-corrected chi connectivity index (χ1v) is 5.74. The third-order valence-electron chi connectivity index (χ3n) is 2.59. The number of ether oxygens (including phenoxy) is 1. The smallest absolute Gasteiger partial charge is 0.352 e. The number of aromatic nitrogens is 1. The Morgan fingerprint density at radius 1 is 1.26 bits per heavy atom. The Hall–Kier alpha value is -2.63. The van der Waals surface area contributed by atoms with Gasteiger partial charge in [-0.15, -0.1) is 0 Å². The van der Waals surface area contributed by atoms with E-state index >= 15 is 0 Å². The quantitative estimate of drug-likeness (QED) is 0.656. The molecule has 0 aliphatic heterocycles. The molecule has 1 heterocycles. The number of pyridine rings is 1. The predicted molar refractivity (Wildman–Crippen MR) is 70.9 cm³/mol. The lowest BCUT2D eigenvalue weighted by molar-refractivity contribution is -0.385. The van der Waals surface area contributed by atoms with Crippen LogP contribution in [-0.2, 0) is 6.42 Å². The molecule has 0 saturated carbocycles. The highest BCUT2D eigenvalue weighted by molar-refractivity contribution is 5.60. The molecule has 0 aliphatic rings. The van der Waals surface area contributed by atoms with Crippen LogP contribution in [0.4, 0.5) is 11.5 Å².